The minimum atomic E-state index is 0.539. The zero-order chi connectivity index (χ0) is 22.4. The van der Waals surface area contributed by atoms with E-state index in [1.807, 2.05) is 0 Å². The molecule has 0 N–H and O–H groups in total. The molecular weight excluding hydrogens is 374 g/mol. The van der Waals surface area contributed by atoms with Crippen molar-refractivity contribution >= 4 is 17.1 Å². The van der Waals surface area contributed by atoms with Gasteiger partial charge in [-0.3, -0.25) is 0 Å². The first-order chi connectivity index (χ1) is 14.9. The first kappa shape index (κ1) is 23.1. The van der Waals surface area contributed by atoms with Crippen LogP contribution in [0.1, 0.15) is 95.2 Å². The van der Waals surface area contributed by atoms with Crippen molar-refractivity contribution in [3.63, 3.8) is 0 Å². The van der Waals surface area contributed by atoms with E-state index >= 15 is 0 Å². The maximum absolute atomic E-state index is 2.37. The fraction of sp³-hybridized carbons (Fsp3) is 0.400. The summed E-state index contributed by atoms with van der Waals surface area (Å²) in [7, 11) is 0. The third kappa shape index (κ3) is 5.79. The fourth-order valence-electron chi connectivity index (χ4n) is 4.09. The molecule has 0 radical (unpaired) electrons. The molecule has 3 aromatic rings. The van der Waals surface area contributed by atoms with Crippen LogP contribution in [-0.4, -0.2) is 0 Å². The molecule has 0 spiro atoms. The Labute approximate surface area is 190 Å². The number of hydrogen-bond acceptors (Lipinski definition) is 1. The summed E-state index contributed by atoms with van der Waals surface area (Å²) < 4.78 is 0. The van der Waals surface area contributed by atoms with Crippen molar-refractivity contribution in [3.05, 3.63) is 89.5 Å². The Balaban J connectivity index is 1.97. The van der Waals surface area contributed by atoms with E-state index in [0.717, 1.165) is 0 Å². The first-order valence-corrected chi connectivity index (χ1v) is 12.0. The van der Waals surface area contributed by atoms with Crippen LogP contribution in [-0.2, 0) is 0 Å². The molecule has 0 saturated heterocycles. The summed E-state index contributed by atoms with van der Waals surface area (Å²) in [5, 5.41) is 0. The highest BCUT2D eigenvalue weighted by Gasteiger charge is 2.14. The van der Waals surface area contributed by atoms with Crippen molar-refractivity contribution < 1.29 is 0 Å². The van der Waals surface area contributed by atoms with Crippen molar-refractivity contribution in [1.29, 1.82) is 0 Å². The molecule has 1 heteroatoms. The molecule has 3 aromatic carbocycles. The Hall–Kier alpha value is -2.54. The molecule has 0 aromatic heterocycles. The number of rotatable bonds is 9. The average molecular weight is 414 g/mol. The summed E-state index contributed by atoms with van der Waals surface area (Å²) in [6.07, 6.45) is 3.81. The van der Waals surface area contributed by atoms with Crippen molar-refractivity contribution in [2.24, 2.45) is 0 Å². The second kappa shape index (κ2) is 10.7. The molecule has 3 rings (SSSR count). The lowest BCUT2D eigenvalue weighted by Crippen LogP contribution is -2.10. The summed E-state index contributed by atoms with van der Waals surface area (Å²) in [6.45, 7) is 13.6. The number of unbranched alkanes of at least 4 members (excludes halogenated alkanes) is 1. The predicted molar refractivity (Wildman–Crippen MR) is 137 cm³/mol. The van der Waals surface area contributed by atoms with E-state index in [0.29, 0.717) is 17.8 Å². The van der Waals surface area contributed by atoms with Crippen LogP contribution in [0.25, 0.3) is 0 Å². The SMILES string of the molecule is CCCCC(C)c1ccc(N(c2ccc(C(C)C)cc2)c2ccc(C(C)C)cc2)cc1. The van der Waals surface area contributed by atoms with Gasteiger partial charge in [-0.25, -0.2) is 0 Å². The number of anilines is 3. The Morgan fingerprint density at radius 3 is 1.23 bits per heavy atom. The molecule has 0 amide bonds. The van der Waals surface area contributed by atoms with Crippen LogP contribution >= 0.6 is 0 Å². The lowest BCUT2D eigenvalue weighted by Gasteiger charge is -2.27. The zero-order valence-electron chi connectivity index (χ0n) is 20.2. The minimum Gasteiger partial charge on any atom is -0.311 e. The van der Waals surface area contributed by atoms with E-state index in [4.69, 9.17) is 0 Å². The van der Waals surface area contributed by atoms with Gasteiger partial charge in [0.2, 0.25) is 0 Å². The second-order valence-corrected chi connectivity index (χ2v) is 9.46. The summed E-state index contributed by atoms with van der Waals surface area (Å²) in [6, 6.07) is 27.2. The zero-order valence-corrected chi connectivity index (χ0v) is 20.2. The lowest BCUT2D eigenvalue weighted by molar-refractivity contribution is 0.624. The molecule has 31 heavy (non-hydrogen) atoms. The van der Waals surface area contributed by atoms with Gasteiger partial charge in [-0.1, -0.05) is 90.8 Å². The van der Waals surface area contributed by atoms with Gasteiger partial charge in [-0.15, -0.1) is 0 Å². The van der Waals surface area contributed by atoms with Gasteiger partial charge < -0.3 is 4.90 Å². The summed E-state index contributed by atoms with van der Waals surface area (Å²) >= 11 is 0. The van der Waals surface area contributed by atoms with Crippen LogP contribution in [0.2, 0.25) is 0 Å². The van der Waals surface area contributed by atoms with Gasteiger partial charge >= 0.3 is 0 Å². The van der Waals surface area contributed by atoms with E-state index in [9.17, 15) is 0 Å². The average Bonchev–Trinajstić information content (AvgIpc) is 2.79. The molecule has 1 unspecified atom stereocenters. The molecule has 0 aliphatic heterocycles. The smallest absolute Gasteiger partial charge is 0.0461 e. The van der Waals surface area contributed by atoms with E-state index in [1.165, 1.54) is 53.0 Å². The molecule has 0 saturated carbocycles. The minimum absolute atomic E-state index is 0.539. The van der Waals surface area contributed by atoms with Crippen LogP contribution < -0.4 is 4.90 Å². The predicted octanol–water partition coefficient (Wildman–Crippen LogP) is 9.70. The van der Waals surface area contributed by atoms with Gasteiger partial charge in [-0.05, 0) is 77.3 Å². The molecular formula is C30H39N. The molecule has 0 heterocycles. The Bertz CT molecular complexity index is 866. The highest BCUT2D eigenvalue weighted by Crippen LogP contribution is 2.36. The van der Waals surface area contributed by atoms with Crippen molar-refractivity contribution in [2.45, 2.75) is 78.6 Å². The van der Waals surface area contributed by atoms with Gasteiger partial charge in [0.1, 0.15) is 0 Å². The van der Waals surface area contributed by atoms with E-state index in [-0.39, 0.29) is 0 Å². The van der Waals surface area contributed by atoms with Gasteiger partial charge in [0.05, 0.1) is 0 Å². The van der Waals surface area contributed by atoms with Crippen molar-refractivity contribution in [1.82, 2.24) is 0 Å². The third-order valence-corrected chi connectivity index (χ3v) is 6.35. The first-order valence-electron chi connectivity index (χ1n) is 12.0. The molecule has 1 nitrogen and oxygen atoms in total. The quantitative estimate of drug-likeness (QED) is 0.337. The molecule has 0 aliphatic rings. The maximum atomic E-state index is 2.37. The van der Waals surface area contributed by atoms with Gasteiger partial charge in [0, 0.05) is 17.1 Å². The van der Waals surface area contributed by atoms with Gasteiger partial charge in [0.25, 0.3) is 0 Å². The monoisotopic (exact) mass is 413 g/mol. The standard InChI is InChI=1S/C30H39N/c1-7-8-9-24(6)27-14-20-30(21-15-27)31(28-16-10-25(11-17-28)22(2)3)29-18-12-26(13-19-29)23(4)5/h10-24H,7-9H2,1-6H3. The Kier molecular flexibility index (Phi) is 7.96. The lowest BCUT2D eigenvalue weighted by atomic mass is 9.95. The summed E-state index contributed by atoms with van der Waals surface area (Å²) in [5.74, 6) is 1.69. The molecule has 0 bridgehead atoms. The van der Waals surface area contributed by atoms with Crippen LogP contribution in [0, 0.1) is 0 Å². The van der Waals surface area contributed by atoms with Crippen LogP contribution in [0.5, 0.6) is 0 Å². The van der Waals surface area contributed by atoms with Crippen LogP contribution in [0.4, 0.5) is 17.1 Å². The fourth-order valence-corrected chi connectivity index (χ4v) is 4.09. The molecule has 1 atom stereocenters. The van der Waals surface area contributed by atoms with Gasteiger partial charge in [-0.2, -0.15) is 0 Å². The van der Waals surface area contributed by atoms with Gasteiger partial charge in [0.15, 0.2) is 0 Å². The molecule has 0 fully saturated rings. The topological polar surface area (TPSA) is 3.24 Å². The maximum Gasteiger partial charge on any atom is 0.0461 e. The number of benzene rings is 3. The Morgan fingerprint density at radius 1 is 0.548 bits per heavy atom. The van der Waals surface area contributed by atoms with E-state index in [2.05, 4.69) is 119 Å². The van der Waals surface area contributed by atoms with E-state index in [1.54, 1.807) is 0 Å². The normalized spacial score (nSPS) is 12.4. The number of hydrogen-bond donors (Lipinski definition) is 0. The van der Waals surface area contributed by atoms with Crippen LogP contribution in [0.3, 0.4) is 0 Å². The third-order valence-electron chi connectivity index (χ3n) is 6.35. The highest BCUT2D eigenvalue weighted by molar-refractivity contribution is 5.76. The van der Waals surface area contributed by atoms with Crippen molar-refractivity contribution in [2.75, 3.05) is 4.90 Å². The van der Waals surface area contributed by atoms with E-state index < -0.39 is 0 Å². The summed E-state index contributed by atoms with van der Waals surface area (Å²) in [5.41, 5.74) is 7.79. The van der Waals surface area contributed by atoms with Crippen LogP contribution in [0.15, 0.2) is 72.8 Å². The highest BCUT2D eigenvalue weighted by atomic mass is 15.1. The number of nitrogens with zero attached hydrogens (tertiary/aromatic N) is 1. The van der Waals surface area contributed by atoms with Crippen molar-refractivity contribution in [3.8, 4) is 0 Å². The second-order valence-electron chi connectivity index (χ2n) is 9.46. The Morgan fingerprint density at radius 2 is 0.903 bits per heavy atom. The molecule has 0 aliphatic carbocycles. The summed E-state index contributed by atoms with van der Waals surface area (Å²) in [4.78, 5) is 2.37. The molecule has 164 valence electrons. The largest absolute Gasteiger partial charge is 0.311 e.